The van der Waals surface area contributed by atoms with E-state index >= 15 is 0 Å². The minimum Gasteiger partial charge on any atom is -0.455 e. The molecule has 0 radical (unpaired) electrons. The lowest BCUT2D eigenvalue weighted by atomic mass is 10.00. The van der Waals surface area contributed by atoms with E-state index in [4.69, 9.17) is 14.4 Å². The topological polar surface area (TPSA) is 49.9 Å². The molecule has 1 aliphatic rings. The van der Waals surface area contributed by atoms with Gasteiger partial charge in [-0.1, -0.05) is 133 Å². The van der Waals surface area contributed by atoms with E-state index in [1.54, 1.807) is 0 Å². The second-order valence-electron chi connectivity index (χ2n) is 11.5. The number of benzene rings is 7. The highest BCUT2D eigenvalue weighted by Gasteiger charge is 2.24. The molecule has 45 heavy (non-hydrogen) atoms. The highest BCUT2D eigenvalue weighted by Crippen LogP contribution is 2.38. The van der Waals surface area contributed by atoms with Gasteiger partial charge in [0.2, 0.25) is 0 Å². The first-order valence-corrected chi connectivity index (χ1v) is 15.2. The summed E-state index contributed by atoms with van der Waals surface area (Å²) in [7, 11) is 0. The number of furan rings is 1. The van der Waals surface area contributed by atoms with Gasteiger partial charge in [-0.25, -0.2) is 9.98 Å². The van der Waals surface area contributed by atoms with Crippen molar-refractivity contribution in [2.75, 3.05) is 0 Å². The molecule has 1 aromatic heterocycles. The van der Waals surface area contributed by atoms with Gasteiger partial charge in [-0.3, -0.25) is 0 Å². The van der Waals surface area contributed by atoms with E-state index in [0.29, 0.717) is 5.84 Å². The number of aliphatic imine (C=N–C) groups is 2. The van der Waals surface area contributed by atoms with Crippen molar-refractivity contribution in [3.05, 3.63) is 168 Å². The maximum Gasteiger partial charge on any atom is 0.160 e. The van der Waals surface area contributed by atoms with Crippen LogP contribution >= 0.6 is 0 Å². The molecule has 1 atom stereocenters. The number of para-hydroxylation sites is 1. The maximum atomic E-state index is 6.57. The molecule has 1 unspecified atom stereocenters. The van der Waals surface area contributed by atoms with Crippen molar-refractivity contribution in [2.45, 2.75) is 6.17 Å². The Morgan fingerprint density at radius 3 is 2.04 bits per heavy atom. The second kappa shape index (κ2) is 10.3. The van der Waals surface area contributed by atoms with Crippen molar-refractivity contribution < 1.29 is 4.42 Å². The SMILES string of the molecule is c1ccc(-c2cccc3c2oc2cccc(C4=NC(c5ccc6ccccc6c5)NC(c5ccc6ccccc6c5)=N4)c23)cc1. The zero-order chi connectivity index (χ0) is 29.7. The highest BCUT2D eigenvalue weighted by atomic mass is 16.3. The molecule has 0 saturated heterocycles. The third kappa shape index (κ3) is 4.38. The number of fused-ring (bicyclic) bond motifs is 5. The zero-order valence-electron chi connectivity index (χ0n) is 24.3. The van der Waals surface area contributed by atoms with Gasteiger partial charge in [0.25, 0.3) is 0 Å². The molecule has 0 spiro atoms. The van der Waals surface area contributed by atoms with E-state index in [2.05, 4.69) is 139 Å². The molecule has 0 bridgehead atoms. The van der Waals surface area contributed by atoms with Gasteiger partial charge >= 0.3 is 0 Å². The van der Waals surface area contributed by atoms with Gasteiger partial charge in [0.15, 0.2) is 5.84 Å². The van der Waals surface area contributed by atoms with E-state index in [0.717, 1.165) is 55.6 Å². The van der Waals surface area contributed by atoms with Gasteiger partial charge in [0, 0.05) is 27.5 Å². The molecule has 7 aromatic carbocycles. The van der Waals surface area contributed by atoms with Crippen molar-refractivity contribution in [1.82, 2.24) is 5.32 Å². The molecule has 0 aliphatic carbocycles. The number of amidine groups is 2. The summed E-state index contributed by atoms with van der Waals surface area (Å²) in [4.78, 5) is 10.5. The van der Waals surface area contributed by atoms with E-state index < -0.39 is 0 Å². The lowest BCUT2D eigenvalue weighted by Crippen LogP contribution is -2.33. The molecule has 0 fully saturated rings. The van der Waals surface area contributed by atoms with Crippen molar-refractivity contribution in [1.29, 1.82) is 0 Å². The lowest BCUT2D eigenvalue weighted by molar-refractivity contribution is 0.669. The fourth-order valence-corrected chi connectivity index (χ4v) is 6.48. The number of hydrogen-bond acceptors (Lipinski definition) is 4. The summed E-state index contributed by atoms with van der Waals surface area (Å²) in [5.41, 5.74) is 6.91. The smallest absolute Gasteiger partial charge is 0.160 e. The summed E-state index contributed by atoms with van der Waals surface area (Å²) in [6.45, 7) is 0. The normalized spacial score (nSPS) is 14.9. The zero-order valence-corrected chi connectivity index (χ0v) is 24.3. The van der Waals surface area contributed by atoms with Crippen molar-refractivity contribution in [2.24, 2.45) is 9.98 Å². The average Bonchev–Trinajstić information content (AvgIpc) is 3.51. The highest BCUT2D eigenvalue weighted by molar-refractivity contribution is 6.23. The Labute approximate surface area is 260 Å². The first-order valence-electron chi connectivity index (χ1n) is 15.2. The predicted octanol–water partition coefficient (Wildman–Crippen LogP) is 10.1. The first kappa shape index (κ1) is 25.5. The fraction of sp³-hybridized carbons (Fsp3) is 0.0244. The summed E-state index contributed by atoms with van der Waals surface area (Å²) < 4.78 is 6.57. The molecule has 4 nitrogen and oxygen atoms in total. The second-order valence-corrected chi connectivity index (χ2v) is 11.5. The van der Waals surface area contributed by atoms with Gasteiger partial charge in [0.1, 0.15) is 23.2 Å². The van der Waals surface area contributed by atoms with Crippen molar-refractivity contribution in [3.8, 4) is 11.1 Å². The quantitative estimate of drug-likeness (QED) is 0.226. The van der Waals surface area contributed by atoms with Crippen LogP contribution in [-0.2, 0) is 0 Å². The van der Waals surface area contributed by atoms with Gasteiger partial charge in [-0.15, -0.1) is 0 Å². The standard InChI is InChI=1S/C41H27N3O/c1-2-12-28(13-3-1)33-16-8-17-34-37-35(18-9-19-36(37)45-38(33)34)41-43-39(31-22-20-26-10-4-6-14-29(26)24-31)42-40(44-41)32-23-21-27-11-5-7-15-30(27)25-32/h1-25,39H,(H,42,43,44). The van der Waals surface area contributed by atoms with Crippen LogP contribution < -0.4 is 5.32 Å². The maximum absolute atomic E-state index is 6.57. The van der Waals surface area contributed by atoms with Crippen LogP contribution in [0.5, 0.6) is 0 Å². The molecule has 1 aliphatic heterocycles. The van der Waals surface area contributed by atoms with Crippen LogP contribution in [0, 0.1) is 0 Å². The number of nitrogens with one attached hydrogen (secondary N) is 1. The lowest BCUT2D eigenvalue weighted by Gasteiger charge is -2.24. The number of rotatable bonds is 4. The largest absolute Gasteiger partial charge is 0.455 e. The van der Waals surface area contributed by atoms with Crippen LogP contribution in [0.3, 0.4) is 0 Å². The summed E-state index contributed by atoms with van der Waals surface area (Å²) >= 11 is 0. The summed E-state index contributed by atoms with van der Waals surface area (Å²) in [6, 6.07) is 52.8. The predicted molar refractivity (Wildman–Crippen MR) is 186 cm³/mol. The van der Waals surface area contributed by atoms with E-state index in [1.807, 2.05) is 18.2 Å². The minimum absolute atomic E-state index is 0.322. The molecule has 1 N–H and O–H groups in total. The Bertz CT molecular complexity index is 2470. The Balaban J connectivity index is 1.25. The average molecular weight is 578 g/mol. The van der Waals surface area contributed by atoms with Crippen LogP contribution in [-0.4, -0.2) is 11.7 Å². The Morgan fingerprint density at radius 2 is 1.22 bits per heavy atom. The van der Waals surface area contributed by atoms with Crippen LogP contribution in [0.25, 0.3) is 54.6 Å². The molecule has 0 amide bonds. The van der Waals surface area contributed by atoms with Crippen LogP contribution in [0.4, 0.5) is 0 Å². The molecular formula is C41H27N3O. The molecule has 0 saturated carbocycles. The summed E-state index contributed by atoms with van der Waals surface area (Å²) in [6.07, 6.45) is -0.322. The number of nitrogens with zero attached hydrogens (tertiary/aromatic N) is 2. The molecule has 8 aromatic rings. The van der Waals surface area contributed by atoms with Gasteiger partial charge in [-0.2, -0.15) is 0 Å². The fourth-order valence-electron chi connectivity index (χ4n) is 6.48. The van der Waals surface area contributed by atoms with Crippen molar-refractivity contribution in [3.63, 3.8) is 0 Å². The first-order chi connectivity index (χ1) is 22.3. The molecule has 2 heterocycles. The van der Waals surface area contributed by atoms with Crippen LogP contribution in [0.15, 0.2) is 166 Å². The molecular weight excluding hydrogens is 550 g/mol. The Hall–Kier alpha value is -6.00. The Kier molecular flexibility index (Phi) is 5.85. The third-order valence-corrected chi connectivity index (χ3v) is 8.70. The summed E-state index contributed by atoms with van der Waals surface area (Å²) in [5.74, 6) is 1.46. The van der Waals surface area contributed by atoms with E-state index in [1.165, 1.54) is 21.5 Å². The summed E-state index contributed by atoms with van der Waals surface area (Å²) in [5, 5.41) is 10.5. The van der Waals surface area contributed by atoms with Crippen molar-refractivity contribution >= 4 is 55.2 Å². The van der Waals surface area contributed by atoms with Gasteiger partial charge < -0.3 is 9.73 Å². The molecule has 212 valence electrons. The van der Waals surface area contributed by atoms with Gasteiger partial charge in [-0.05, 0) is 50.9 Å². The van der Waals surface area contributed by atoms with E-state index in [9.17, 15) is 0 Å². The molecule has 4 heteroatoms. The van der Waals surface area contributed by atoms with E-state index in [-0.39, 0.29) is 6.17 Å². The molecule has 9 rings (SSSR count). The van der Waals surface area contributed by atoms with Gasteiger partial charge in [0.05, 0.1) is 0 Å². The minimum atomic E-state index is -0.322. The number of hydrogen-bond donors (Lipinski definition) is 1. The monoisotopic (exact) mass is 577 g/mol. The van der Waals surface area contributed by atoms with Crippen LogP contribution in [0.1, 0.15) is 22.9 Å². The van der Waals surface area contributed by atoms with Crippen LogP contribution in [0.2, 0.25) is 0 Å². The third-order valence-electron chi connectivity index (χ3n) is 8.70. The Morgan fingerprint density at radius 1 is 0.533 bits per heavy atom.